The number of carboxylic acids is 1. The van der Waals surface area contributed by atoms with Gasteiger partial charge in [-0.15, -0.1) is 0 Å². The minimum Gasteiger partial charge on any atom is -0.477 e. The quantitative estimate of drug-likeness (QED) is 0.901. The topological polar surface area (TPSA) is 59.3 Å². The second-order valence-corrected chi connectivity index (χ2v) is 4.23. The van der Waals surface area contributed by atoms with Gasteiger partial charge in [-0.2, -0.15) is 0 Å². The number of rotatable bonds is 2. The van der Waals surface area contributed by atoms with E-state index in [0.717, 1.165) is 0 Å². The second kappa shape index (κ2) is 4.68. The third-order valence-electron chi connectivity index (χ3n) is 3.09. The number of aromatic carboxylic acids is 1. The Balaban J connectivity index is 2.70. The number of carboxylic acid groups (broad SMARTS) is 1. The molecule has 0 bridgehead atoms. The molecule has 0 unspecified atom stereocenters. The third kappa shape index (κ3) is 2.27. The highest BCUT2D eigenvalue weighted by Crippen LogP contribution is 2.20. The normalized spacial score (nSPS) is 10.5. The minimum absolute atomic E-state index is 0.242. The SMILES string of the molecule is Cc1c(C(=O)O)c(=O)cc(-c2ccc(F)cc2)n1C. The van der Waals surface area contributed by atoms with Crippen molar-refractivity contribution in [3.8, 4) is 11.3 Å². The van der Waals surface area contributed by atoms with Crippen molar-refractivity contribution >= 4 is 5.97 Å². The largest absolute Gasteiger partial charge is 0.477 e. The predicted molar refractivity (Wildman–Crippen MR) is 68.8 cm³/mol. The molecule has 2 aromatic rings. The van der Waals surface area contributed by atoms with Gasteiger partial charge in [-0.3, -0.25) is 4.79 Å². The zero-order valence-corrected chi connectivity index (χ0v) is 10.5. The summed E-state index contributed by atoms with van der Waals surface area (Å²) in [6.07, 6.45) is 0. The molecule has 0 aliphatic rings. The molecule has 0 saturated heterocycles. The van der Waals surface area contributed by atoms with Gasteiger partial charge >= 0.3 is 5.97 Å². The first-order valence-electron chi connectivity index (χ1n) is 5.61. The molecule has 0 radical (unpaired) electrons. The van der Waals surface area contributed by atoms with E-state index in [1.807, 2.05) is 0 Å². The van der Waals surface area contributed by atoms with E-state index in [2.05, 4.69) is 0 Å². The number of carbonyl (C=O) groups is 1. The zero-order chi connectivity index (χ0) is 14.2. The molecule has 1 heterocycles. The van der Waals surface area contributed by atoms with Gasteiger partial charge in [0.1, 0.15) is 11.4 Å². The van der Waals surface area contributed by atoms with Crippen molar-refractivity contribution in [2.24, 2.45) is 7.05 Å². The smallest absolute Gasteiger partial charge is 0.341 e. The van der Waals surface area contributed by atoms with E-state index in [9.17, 15) is 14.0 Å². The average molecular weight is 261 g/mol. The van der Waals surface area contributed by atoms with Crippen molar-refractivity contribution in [3.05, 3.63) is 57.6 Å². The molecule has 0 amide bonds. The van der Waals surface area contributed by atoms with E-state index < -0.39 is 11.4 Å². The minimum atomic E-state index is -1.25. The van der Waals surface area contributed by atoms with Crippen LogP contribution in [-0.4, -0.2) is 15.6 Å². The number of nitrogens with zero attached hydrogens (tertiary/aromatic N) is 1. The fourth-order valence-electron chi connectivity index (χ4n) is 1.98. The second-order valence-electron chi connectivity index (χ2n) is 4.23. The predicted octanol–water partition coefficient (Wildman–Crippen LogP) is 2.20. The van der Waals surface area contributed by atoms with E-state index in [1.165, 1.54) is 18.2 Å². The number of hydrogen-bond acceptors (Lipinski definition) is 2. The lowest BCUT2D eigenvalue weighted by Crippen LogP contribution is -2.21. The van der Waals surface area contributed by atoms with Crippen LogP contribution in [-0.2, 0) is 7.05 Å². The van der Waals surface area contributed by atoms with Crippen LogP contribution in [0.15, 0.2) is 35.1 Å². The maximum absolute atomic E-state index is 12.9. The molecule has 1 N–H and O–H groups in total. The van der Waals surface area contributed by atoms with E-state index in [4.69, 9.17) is 5.11 Å². The number of aromatic nitrogens is 1. The Bertz CT molecular complexity index is 702. The summed E-state index contributed by atoms with van der Waals surface area (Å²) >= 11 is 0. The summed E-state index contributed by atoms with van der Waals surface area (Å²) in [5, 5.41) is 9.01. The van der Waals surface area contributed by atoms with Gasteiger partial charge in [0.25, 0.3) is 0 Å². The molecule has 5 heteroatoms. The summed E-state index contributed by atoms with van der Waals surface area (Å²) in [5.41, 5.74) is 0.767. The van der Waals surface area contributed by atoms with Crippen LogP contribution in [0.5, 0.6) is 0 Å². The Morgan fingerprint density at radius 3 is 2.37 bits per heavy atom. The van der Waals surface area contributed by atoms with Crippen LogP contribution in [0.25, 0.3) is 11.3 Å². The lowest BCUT2D eigenvalue weighted by Gasteiger charge is -2.14. The summed E-state index contributed by atoms with van der Waals surface area (Å²) in [5.74, 6) is -1.61. The molecule has 98 valence electrons. The molecular weight excluding hydrogens is 249 g/mol. The van der Waals surface area contributed by atoms with Crippen molar-refractivity contribution in [2.45, 2.75) is 6.92 Å². The molecule has 4 nitrogen and oxygen atoms in total. The maximum Gasteiger partial charge on any atom is 0.341 e. The molecule has 1 aromatic heterocycles. The van der Waals surface area contributed by atoms with Crippen molar-refractivity contribution in [2.75, 3.05) is 0 Å². The first-order chi connectivity index (χ1) is 8.91. The average Bonchev–Trinajstić information content (AvgIpc) is 2.34. The fraction of sp³-hybridized carbons (Fsp3) is 0.143. The van der Waals surface area contributed by atoms with Crippen LogP contribution in [0, 0.1) is 12.7 Å². The molecule has 0 saturated carbocycles. The lowest BCUT2D eigenvalue weighted by atomic mass is 10.1. The first-order valence-corrected chi connectivity index (χ1v) is 5.61. The molecule has 19 heavy (non-hydrogen) atoms. The van der Waals surface area contributed by atoms with Gasteiger partial charge in [0.15, 0.2) is 5.43 Å². The lowest BCUT2D eigenvalue weighted by molar-refractivity contribution is 0.0693. The first kappa shape index (κ1) is 13.0. The Kier molecular flexibility index (Phi) is 3.21. The van der Waals surface area contributed by atoms with Crippen molar-refractivity contribution < 1.29 is 14.3 Å². The van der Waals surface area contributed by atoms with Crippen LogP contribution in [0.1, 0.15) is 16.1 Å². The Hall–Kier alpha value is -2.43. The van der Waals surface area contributed by atoms with Crippen LogP contribution in [0.2, 0.25) is 0 Å². The Morgan fingerprint density at radius 1 is 1.26 bits per heavy atom. The van der Waals surface area contributed by atoms with Crippen LogP contribution in [0.3, 0.4) is 0 Å². The van der Waals surface area contributed by atoms with Crippen LogP contribution >= 0.6 is 0 Å². The highest BCUT2D eigenvalue weighted by Gasteiger charge is 2.16. The molecule has 0 aliphatic carbocycles. The summed E-state index contributed by atoms with van der Waals surface area (Å²) in [6.45, 7) is 1.57. The van der Waals surface area contributed by atoms with Gasteiger partial charge in [0, 0.05) is 18.8 Å². The van der Waals surface area contributed by atoms with E-state index in [-0.39, 0.29) is 11.4 Å². The number of hydrogen-bond donors (Lipinski definition) is 1. The highest BCUT2D eigenvalue weighted by atomic mass is 19.1. The van der Waals surface area contributed by atoms with Crippen molar-refractivity contribution in [3.63, 3.8) is 0 Å². The fourth-order valence-corrected chi connectivity index (χ4v) is 1.98. The van der Waals surface area contributed by atoms with Crippen LogP contribution in [0.4, 0.5) is 4.39 Å². The molecular formula is C14H12FNO3. The van der Waals surface area contributed by atoms with E-state index in [1.54, 1.807) is 30.7 Å². The van der Waals surface area contributed by atoms with Gasteiger partial charge in [-0.05, 0) is 36.8 Å². The summed E-state index contributed by atoms with van der Waals surface area (Å²) in [6, 6.07) is 6.93. The molecule has 1 aromatic carbocycles. The monoisotopic (exact) mass is 261 g/mol. The molecule has 0 aliphatic heterocycles. The summed E-state index contributed by atoms with van der Waals surface area (Å²) in [4.78, 5) is 22.9. The van der Waals surface area contributed by atoms with Crippen molar-refractivity contribution in [1.82, 2.24) is 4.57 Å². The highest BCUT2D eigenvalue weighted by molar-refractivity contribution is 5.89. The van der Waals surface area contributed by atoms with E-state index >= 15 is 0 Å². The number of benzene rings is 1. The summed E-state index contributed by atoms with van der Waals surface area (Å²) < 4.78 is 14.5. The molecule has 2 rings (SSSR count). The molecule has 0 spiro atoms. The Morgan fingerprint density at radius 2 is 1.84 bits per heavy atom. The summed E-state index contributed by atoms with van der Waals surface area (Å²) in [7, 11) is 1.67. The van der Waals surface area contributed by atoms with Gasteiger partial charge in [0.05, 0.1) is 5.69 Å². The maximum atomic E-state index is 12.9. The van der Waals surface area contributed by atoms with E-state index in [0.29, 0.717) is 17.0 Å². The molecule has 0 atom stereocenters. The van der Waals surface area contributed by atoms with Gasteiger partial charge < -0.3 is 9.67 Å². The standard InChI is InChI=1S/C14H12FNO3/c1-8-13(14(18)19)12(17)7-11(16(8)2)9-3-5-10(15)6-4-9/h3-7H,1-2H3,(H,18,19). The number of pyridine rings is 1. The van der Waals surface area contributed by atoms with Gasteiger partial charge in [-0.1, -0.05) is 0 Å². The Labute approximate surface area is 108 Å². The third-order valence-corrected chi connectivity index (χ3v) is 3.09. The number of halogens is 1. The zero-order valence-electron chi connectivity index (χ0n) is 10.5. The molecule has 0 fully saturated rings. The van der Waals surface area contributed by atoms with Crippen molar-refractivity contribution in [1.29, 1.82) is 0 Å². The van der Waals surface area contributed by atoms with Crippen LogP contribution < -0.4 is 5.43 Å². The van der Waals surface area contributed by atoms with Gasteiger partial charge in [-0.25, -0.2) is 9.18 Å². The van der Waals surface area contributed by atoms with Gasteiger partial charge in [0.2, 0.25) is 0 Å².